The lowest BCUT2D eigenvalue weighted by molar-refractivity contribution is -0.121. The van der Waals surface area contributed by atoms with Gasteiger partial charge in [0.15, 0.2) is 0 Å². The van der Waals surface area contributed by atoms with Crippen molar-refractivity contribution in [2.45, 2.75) is 17.9 Å². The summed E-state index contributed by atoms with van der Waals surface area (Å²) in [5, 5.41) is 8.48. The maximum Gasteiger partial charge on any atom is 0.243 e. The van der Waals surface area contributed by atoms with E-state index in [2.05, 4.69) is 15.6 Å². The molecule has 0 aliphatic rings. The number of nitrogens with zero attached hydrogens (tertiary/aromatic N) is 2. The summed E-state index contributed by atoms with van der Waals surface area (Å²) in [5.41, 5.74) is 2.24. The molecule has 0 saturated heterocycles. The molecule has 11 heteroatoms. The lowest BCUT2D eigenvalue weighted by Crippen LogP contribution is -2.40. The van der Waals surface area contributed by atoms with E-state index in [0.29, 0.717) is 40.1 Å². The second kappa shape index (κ2) is 12.8. The molecular formula is C27H25Cl3N4O3S. The Hall–Kier alpha value is -2.88. The highest BCUT2D eigenvalue weighted by atomic mass is 35.5. The summed E-state index contributed by atoms with van der Waals surface area (Å²) in [6, 6.07) is 20.2. The minimum Gasteiger partial charge on any atom is -0.384 e. The molecule has 0 atom stereocenters. The summed E-state index contributed by atoms with van der Waals surface area (Å²) >= 11 is 18.3. The van der Waals surface area contributed by atoms with E-state index in [4.69, 9.17) is 34.8 Å². The average molecular weight is 592 g/mol. The fourth-order valence-corrected chi connectivity index (χ4v) is 5.87. The Bertz CT molecular complexity index is 1540. The standard InChI is InChI=1S/C27H25Cl3N4O3S/c28-20-8-7-19(24(30)15-20)17-34(38(36,37)22-5-2-1-3-6-22)18-27(35)33-13-4-12-31-25-11-14-32-26-16-21(29)9-10-23(25)26/h1-3,5-11,14-16H,4,12-13,17-18H2,(H,31,32)(H,33,35). The van der Waals surface area contributed by atoms with Gasteiger partial charge in [0.1, 0.15) is 0 Å². The molecule has 4 aromatic rings. The molecule has 2 N–H and O–H groups in total. The van der Waals surface area contributed by atoms with Crippen molar-refractivity contribution >= 4 is 67.3 Å². The number of benzene rings is 3. The first-order valence-electron chi connectivity index (χ1n) is 11.8. The lowest BCUT2D eigenvalue weighted by atomic mass is 10.2. The SMILES string of the molecule is O=C(CN(Cc1ccc(Cl)cc1Cl)S(=O)(=O)c1ccccc1)NCCCNc1ccnc2cc(Cl)ccc12. The molecule has 0 saturated carbocycles. The molecule has 0 aliphatic heterocycles. The van der Waals surface area contributed by atoms with Crippen molar-refractivity contribution in [3.05, 3.63) is 99.6 Å². The van der Waals surface area contributed by atoms with Crippen LogP contribution in [0, 0.1) is 0 Å². The Kier molecular flexibility index (Phi) is 9.46. The van der Waals surface area contributed by atoms with Crippen molar-refractivity contribution in [3.63, 3.8) is 0 Å². The Balaban J connectivity index is 1.37. The van der Waals surface area contributed by atoms with Crippen LogP contribution in [0.2, 0.25) is 15.1 Å². The van der Waals surface area contributed by atoms with Gasteiger partial charge < -0.3 is 10.6 Å². The smallest absolute Gasteiger partial charge is 0.243 e. The average Bonchev–Trinajstić information content (AvgIpc) is 2.89. The number of fused-ring (bicyclic) bond motifs is 1. The van der Waals surface area contributed by atoms with Crippen LogP contribution in [0.1, 0.15) is 12.0 Å². The van der Waals surface area contributed by atoms with Crippen LogP contribution in [0.4, 0.5) is 5.69 Å². The number of nitrogens with one attached hydrogen (secondary N) is 2. The summed E-state index contributed by atoms with van der Waals surface area (Å²) in [6.45, 7) is 0.511. The number of rotatable bonds is 11. The molecular weight excluding hydrogens is 567 g/mol. The van der Waals surface area contributed by atoms with Crippen molar-refractivity contribution in [2.75, 3.05) is 25.0 Å². The first kappa shape index (κ1) is 28.1. The quantitative estimate of drug-likeness (QED) is 0.209. The molecule has 1 amide bonds. The normalized spacial score (nSPS) is 11.6. The molecule has 0 aliphatic carbocycles. The Labute approximate surface area is 236 Å². The molecule has 1 aromatic heterocycles. The van der Waals surface area contributed by atoms with Crippen LogP contribution >= 0.6 is 34.8 Å². The van der Waals surface area contributed by atoms with E-state index in [-0.39, 0.29) is 18.0 Å². The largest absolute Gasteiger partial charge is 0.384 e. The van der Waals surface area contributed by atoms with Crippen LogP contribution in [0.5, 0.6) is 0 Å². The molecule has 0 bridgehead atoms. The fourth-order valence-electron chi connectivity index (χ4n) is 3.84. The molecule has 0 spiro atoms. The number of aromatic nitrogens is 1. The van der Waals surface area contributed by atoms with E-state index in [0.717, 1.165) is 20.9 Å². The molecule has 1 heterocycles. The van der Waals surface area contributed by atoms with Gasteiger partial charge in [-0.2, -0.15) is 4.31 Å². The maximum atomic E-state index is 13.4. The molecule has 0 unspecified atom stereocenters. The van der Waals surface area contributed by atoms with Gasteiger partial charge in [0.05, 0.1) is 17.0 Å². The van der Waals surface area contributed by atoms with Crippen LogP contribution in [0.25, 0.3) is 10.9 Å². The molecule has 0 fully saturated rings. The van der Waals surface area contributed by atoms with Crippen LogP contribution in [-0.4, -0.2) is 43.2 Å². The van der Waals surface area contributed by atoms with Crippen molar-refractivity contribution in [1.29, 1.82) is 0 Å². The van der Waals surface area contributed by atoms with Gasteiger partial charge in [-0.1, -0.05) is 59.1 Å². The van der Waals surface area contributed by atoms with Crippen molar-refractivity contribution in [3.8, 4) is 0 Å². The highest BCUT2D eigenvalue weighted by molar-refractivity contribution is 7.89. The predicted molar refractivity (Wildman–Crippen MR) is 153 cm³/mol. The van der Waals surface area contributed by atoms with Crippen LogP contribution < -0.4 is 10.6 Å². The third-order valence-corrected chi connectivity index (χ3v) is 8.39. The molecule has 38 heavy (non-hydrogen) atoms. The van der Waals surface area contributed by atoms with Crippen LogP contribution in [0.3, 0.4) is 0 Å². The summed E-state index contributed by atoms with van der Waals surface area (Å²) < 4.78 is 27.8. The highest BCUT2D eigenvalue weighted by Crippen LogP contribution is 2.26. The van der Waals surface area contributed by atoms with E-state index in [1.807, 2.05) is 18.2 Å². The van der Waals surface area contributed by atoms with E-state index in [1.165, 1.54) is 12.1 Å². The van der Waals surface area contributed by atoms with Crippen molar-refractivity contribution in [2.24, 2.45) is 0 Å². The monoisotopic (exact) mass is 590 g/mol. The van der Waals surface area contributed by atoms with Gasteiger partial charge in [0.2, 0.25) is 15.9 Å². The van der Waals surface area contributed by atoms with E-state index in [9.17, 15) is 13.2 Å². The van der Waals surface area contributed by atoms with Crippen molar-refractivity contribution < 1.29 is 13.2 Å². The second-order valence-electron chi connectivity index (χ2n) is 8.47. The summed E-state index contributed by atoms with van der Waals surface area (Å²) in [6.07, 6.45) is 2.33. The number of carbonyl (C=O) groups excluding carboxylic acids is 1. The third-order valence-electron chi connectivity index (χ3n) is 5.76. The summed E-state index contributed by atoms with van der Waals surface area (Å²) in [4.78, 5) is 17.2. The number of pyridine rings is 1. The topological polar surface area (TPSA) is 91.4 Å². The second-order valence-corrected chi connectivity index (χ2v) is 11.7. The molecule has 3 aromatic carbocycles. The molecule has 0 radical (unpaired) electrons. The number of halogens is 3. The molecule has 198 valence electrons. The van der Waals surface area contributed by atoms with Crippen LogP contribution in [0.15, 0.2) is 83.9 Å². The van der Waals surface area contributed by atoms with Gasteiger partial charge in [-0.05, 0) is 60.5 Å². The molecule has 4 rings (SSSR count). The first-order valence-corrected chi connectivity index (χ1v) is 14.4. The summed E-state index contributed by atoms with van der Waals surface area (Å²) in [5.74, 6) is -0.418. The van der Waals surface area contributed by atoms with Gasteiger partial charge in [-0.25, -0.2) is 8.42 Å². The third kappa shape index (κ3) is 7.15. The molecule has 7 nitrogen and oxygen atoms in total. The van der Waals surface area contributed by atoms with Gasteiger partial charge in [0.25, 0.3) is 0 Å². The first-order chi connectivity index (χ1) is 18.2. The lowest BCUT2D eigenvalue weighted by Gasteiger charge is -2.22. The number of sulfonamides is 1. The zero-order chi connectivity index (χ0) is 27.1. The van der Waals surface area contributed by atoms with Gasteiger partial charge in [-0.3, -0.25) is 9.78 Å². The summed E-state index contributed by atoms with van der Waals surface area (Å²) in [7, 11) is -3.96. The number of anilines is 1. The number of hydrogen-bond donors (Lipinski definition) is 2. The fraction of sp³-hybridized carbons (Fsp3) is 0.185. The van der Waals surface area contributed by atoms with E-state index < -0.39 is 15.9 Å². The van der Waals surface area contributed by atoms with E-state index in [1.54, 1.807) is 48.7 Å². The van der Waals surface area contributed by atoms with Gasteiger partial charge >= 0.3 is 0 Å². The zero-order valence-electron chi connectivity index (χ0n) is 20.2. The Morgan fingerprint density at radius 2 is 1.63 bits per heavy atom. The minimum atomic E-state index is -3.96. The Morgan fingerprint density at radius 3 is 2.39 bits per heavy atom. The maximum absolute atomic E-state index is 13.4. The Morgan fingerprint density at radius 1 is 0.895 bits per heavy atom. The zero-order valence-corrected chi connectivity index (χ0v) is 23.3. The van der Waals surface area contributed by atoms with Gasteiger partial charge in [-0.15, -0.1) is 0 Å². The van der Waals surface area contributed by atoms with Crippen LogP contribution in [-0.2, 0) is 21.4 Å². The minimum absolute atomic E-state index is 0.0820. The highest BCUT2D eigenvalue weighted by Gasteiger charge is 2.27. The predicted octanol–water partition coefficient (Wildman–Crippen LogP) is 6.00. The number of amides is 1. The number of carbonyl (C=O) groups is 1. The van der Waals surface area contributed by atoms with Gasteiger partial charge in [0, 0.05) is 52.0 Å². The van der Waals surface area contributed by atoms with Crippen molar-refractivity contribution in [1.82, 2.24) is 14.6 Å². The van der Waals surface area contributed by atoms with E-state index >= 15 is 0 Å². The number of hydrogen-bond acceptors (Lipinski definition) is 5.